The molecule has 0 amide bonds. The highest BCUT2D eigenvalue weighted by Gasteiger charge is 2.23. The summed E-state index contributed by atoms with van der Waals surface area (Å²) in [4.78, 5) is 31.1. The van der Waals surface area contributed by atoms with E-state index >= 15 is 0 Å². The van der Waals surface area contributed by atoms with Crippen LogP contribution in [0.1, 0.15) is 116 Å². The van der Waals surface area contributed by atoms with E-state index in [1.165, 1.54) is 77.0 Å². The molecule has 4 N–H and O–H groups in total. The summed E-state index contributed by atoms with van der Waals surface area (Å²) >= 11 is 0. The zero-order chi connectivity index (χ0) is 20.2. The highest BCUT2D eigenvalue weighted by atomic mass is 16.7. The smallest absolute Gasteiger partial charge is 0.328 e. The lowest BCUT2D eigenvalue weighted by molar-refractivity contribution is -0.156. The molecule has 0 aliphatic rings. The number of carbonyl (C=O) groups is 2. The Kier molecular flexibility index (Phi) is 18.8. The number of carbonyl (C=O) groups excluding carboxylic acids is 2. The lowest BCUT2D eigenvalue weighted by Crippen LogP contribution is -2.25. The van der Waals surface area contributed by atoms with Crippen molar-refractivity contribution in [2.45, 2.75) is 116 Å². The van der Waals surface area contributed by atoms with Crippen LogP contribution in [0.4, 0.5) is 0 Å². The maximum atomic E-state index is 11.5. The van der Waals surface area contributed by atoms with Gasteiger partial charge < -0.3 is 9.68 Å². The van der Waals surface area contributed by atoms with E-state index in [0.29, 0.717) is 6.42 Å². The molecule has 0 aromatic heterocycles. The molecule has 6 heteroatoms. The third-order valence-electron chi connectivity index (χ3n) is 5.15. The quantitative estimate of drug-likeness (QED) is 0.237. The molecule has 1 atom stereocenters. The summed E-state index contributed by atoms with van der Waals surface area (Å²) in [5, 5.41) is 0. The average molecular weight is 387 g/mol. The van der Waals surface area contributed by atoms with Crippen molar-refractivity contribution >= 4 is 11.9 Å². The van der Waals surface area contributed by atoms with E-state index in [0.717, 1.165) is 19.3 Å². The second kappa shape index (κ2) is 19.6. The SMILES string of the molecule is CCCCCCCCCCCCCCCCCC(CC(=O)ON)C(=O)ON. The molecule has 0 spiro atoms. The van der Waals surface area contributed by atoms with Gasteiger partial charge in [0.1, 0.15) is 0 Å². The van der Waals surface area contributed by atoms with Crippen molar-refractivity contribution in [1.29, 1.82) is 0 Å². The summed E-state index contributed by atoms with van der Waals surface area (Å²) in [6.07, 6.45) is 19.8. The Balaban J connectivity index is 3.44. The van der Waals surface area contributed by atoms with E-state index < -0.39 is 17.9 Å². The van der Waals surface area contributed by atoms with E-state index in [-0.39, 0.29) is 6.42 Å². The topological polar surface area (TPSA) is 105 Å². The van der Waals surface area contributed by atoms with Gasteiger partial charge in [-0.05, 0) is 6.42 Å². The molecular formula is C21H42N2O4. The molecule has 0 aromatic carbocycles. The molecule has 0 fully saturated rings. The average Bonchev–Trinajstić information content (AvgIpc) is 2.69. The Bertz CT molecular complexity index is 364. The van der Waals surface area contributed by atoms with E-state index in [1.807, 2.05) is 0 Å². The molecule has 0 rings (SSSR count). The van der Waals surface area contributed by atoms with Gasteiger partial charge in [0.15, 0.2) is 0 Å². The number of unbranched alkanes of at least 4 members (excludes halogenated alkanes) is 14. The molecule has 0 aliphatic carbocycles. The molecule has 1 unspecified atom stereocenters. The van der Waals surface area contributed by atoms with Gasteiger partial charge in [0, 0.05) is 0 Å². The summed E-state index contributed by atoms with van der Waals surface area (Å²) in [6, 6.07) is 0. The minimum Gasteiger partial charge on any atom is -0.373 e. The maximum absolute atomic E-state index is 11.5. The van der Waals surface area contributed by atoms with Gasteiger partial charge in [-0.3, -0.25) is 9.59 Å². The minimum absolute atomic E-state index is 0.0782. The fraction of sp³-hybridized carbons (Fsp3) is 0.905. The molecule has 0 aromatic rings. The van der Waals surface area contributed by atoms with Crippen molar-refractivity contribution in [1.82, 2.24) is 0 Å². The van der Waals surface area contributed by atoms with Crippen LogP contribution in [0, 0.1) is 5.92 Å². The van der Waals surface area contributed by atoms with Gasteiger partial charge in [-0.2, -0.15) is 11.8 Å². The monoisotopic (exact) mass is 386 g/mol. The number of rotatable bonds is 19. The van der Waals surface area contributed by atoms with Crippen LogP contribution in [-0.4, -0.2) is 11.9 Å². The van der Waals surface area contributed by atoms with Crippen LogP contribution in [-0.2, 0) is 19.3 Å². The first kappa shape index (κ1) is 25.9. The van der Waals surface area contributed by atoms with Crippen molar-refractivity contribution in [3.63, 3.8) is 0 Å². The zero-order valence-electron chi connectivity index (χ0n) is 17.4. The zero-order valence-corrected chi connectivity index (χ0v) is 17.4. The molecular weight excluding hydrogens is 344 g/mol. The number of hydrogen-bond donors (Lipinski definition) is 2. The number of hydrogen-bond acceptors (Lipinski definition) is 6. The van der Waals surface area contributed by atoms with Crippen molar-refractivity contribution in [2.75, 3.05) is 0 Å². The number of nitrogens with two attached hydrogens (primary N) is 2. The predicted molar refractivity (Wildman–Crippen MR) is 108 cm³/mol. The first-order valence-electron chi connectivity index (χ1n) is 11.0. The maximum Gasteiger partial charge on any atom is 0.328 e. The lowest BCUT2D eigenvalue weighted by atomic mass is 9.97. The highest BCUT2D eigenvalue weighted by molar-refractivity contribution is 5.79. The largest absolute Gasteiger partial charge is 0.373 e. The Labute approximate surface area is 165 Å². The first-order chi connectivity index (χ1) is 13.2. The Hall–Kier alpha value is -1.14. The van der Waals surface area contributed by atoms with E-state index in [2.05, 4.69) is 16.6 Å². The highest BCUT2D eigenvalue weighted by Crippen LogP contribution is 2.18. The molecule has 6 nitrogen and oxygen atoms in total. The van der Waals surface area contributed by atoms with E-state index in [4.69, 9.17) is 11.8 Å². The van der Waals surface area contributed by atoms with Gasteiger partial charge in [-0.15, -0.1) is 0 Å². The Morgan fingerprint density at radius 2 is 1.07 bits per heavy atom. The second-order valence-electron chi connectivity index (χ2n) is 7.57. The third kappa shape index (κ3) is 16.7. The molecule has 160 valence electrons. The van der Waals surface area contributed by atoms with Crippen LogP contribution in [0.3, 0.4) is 0 Å². The summed E-state index contributed by atoms with van der Waals surface area (Å²) in [5.74, 6) is 7.97. The van der Waals surface area contributed by atoms with Gasteiger partial charge in [0.25, 0.3) is 0 Å². The molecule has 0 aliphatic heterocycles. The van der Waals surface area contributed by atoms with Crippen molar-refractivity contribution in [2.24, 2.45) is 17.7 Å². The van der Waals surface area contributed by atoms with Gasteiger partial charge in [-0.1, -0.05) is 103 Å². The van der Waals surface area contributed by atoms with Gasteiger partial charge in [0.05, 0.1) is 12.3 Å². The van der Waals surface area contributed by atoms with Crippen LogP contribution in [0.2, 0.25) is 0 Å². The summed E-state index contributed by atoms with van der Waals surface area (Å²) in [5.41, 5.74) is 0. The second-order valence-corrected chi connectivity index (χ2v) is 7.57. The Morgan fingerprint density at radius 1 is 0.667 bits per heavy atom. The summed E-state index contributed by atoms with van der Waals surface area (Å²) in [6.45, 7) is 2.26. The fourth-order valence-electron chi connectivity index (χ4n) is 3.41. The van der Waals surface area contributed by atoms with Gasteiger partial charge in [0.2, 0.25) is 0 Å². The first-order valence-corrected chi connectivity index (χ1v) is 11.0. The van der Waals surface area contributed by atoms with E-state index in [9.17, 15) is 9.59 Å². The van der Waals surface area contributed by atoms with E-state index in [1.54, 1.807) is 0 Å². The molecule has 0 heterocycles. The van der Waals surface area contributed by atoms with Crippen molar-refractivity contribution < 1.29 is 19.3 Å². The molecule has 0 saturated carbocycles. The lowest BCUT2D eigenvalue weighted by Gasteiger charge is -2.12. The molecule has 0 saturated heterocycles. The van der Waals surface area contributed by atoms with Gasteiger partial charge >= 0.3 is 11.9 Å². The standard InChI is InChI=1S/C21H42N2O4/c1-2-3-4-5-6-7-8-9-10-11-12-13-14-15-16-17-19(21(25)27-23)18-20(24)26-22/h19H,2-18,22-23H2,1H3. The normalized spacial score (nSPS) is 12.0. The Morgan fingerprint density at radius 3 is 1.44 bits per heavy atom. The molecule has 27 heavy (non-hydrogen) atoms. The van der Waals surface area contributed by atoms with Crippen molar-refractivity contribution in [3.05, 3.63) is 0 Å². The van der Waals surface area contributed by atoms with Gasteiger partial charge in [-0.25, -0.2) is 0 Å². The predicted octanol–water partition coefficient (Wildman–Crippen LogP) is 5.09. The van der Waals surface area contributed by atoms with Crippen LogP contribution in [0.25, 0.3) is 0 Å². The van der Waals surface area contributed by atoms with Crippen LogP contribution in [0.15, 0.2) is 0 Å². The van der Waals surface area contributed by atoms with Crippen LogP contribution < -0.4 is 11.8 Å². The summed E-state index contributed by atoms with van der Waals surface area (Å²) < 4.78 is 0. The molecule has 0 radical (unpaired) electrons. The fourth-order valence-corrected chi connectivity index (χ4v) is 3.41. The minimum atomic E-state index is -0.619. The van der Waals surface area contributed by atoms with Crippen LogP contribution in [0.5, 0.6) is 0 Å². The summed E-state index contributed by atoms with van der Waals surface area (Å²) in [7, 11) is 0. The van der Waals surface area contributed by atoms with Crippen LogP contribution >= 0.6 is 0 Å². The third-order valence-corrected chi connectivity index (χ3v) is 5.15. The molecule has 0 bridgehead atoms. The van der Waals surface area contributed by atoms with Crippen molar-refractivity contribution in [3.8, 4) is 0 Å².